The molecule has 1 aliphatic heterocycles. The van der Waals surface area contributed by atoms with E-state index < -0.39 is 0 Å². The summed E-state index contributed by atoms with van der Waals surface area (Å²) in [4.78, 5) is 16.9. The zero-order valence-electron chi connectivity index (χ0n) is 21.2. The van der Waals surface area contributed by atoms with Crippen molar-refractivity contribution >= 4 is 17.1 Å². The van der Waals surface area contributed by atoms with Gasteiger partial charge in [0, 0.05) is 39.8 Å². The first kappa shape index (κ1) is 23.7. The van der Waals surface area contributed by atoms with Crippen molar-refractivity contribution in [1.82, 2.24) is 19.5 Å². The van der Waals surface area contributed by atoms with E-state index in [1.807, 2.05) is 13.4 Å². The quantitative estimate of drug-likeness (QED) is 0.464. The highest BCUT2D eigenvalue weighted by atomic mass is 16.5. The third-order valence-electron chi connectivity index (χ3n) is 6.80. The van der Waals surface area contributed by atoms with Crippen LogP contribution in [0.2, 0.25) is 0 Å². The summed E-state index contributed by atoms with van der Waals surface area (Å²) in [6, 6.07) is 6.84. The third kappa shape index (κ3) is 5.37. The summed E-state index contributed by atoms with van der Waals surface area (Å²) in [5, 5.41) is 0. The van der Waals surface area contributed by atoms with Gasteiger partial charge in [0.05, 0.1) is 12.0 Å². The highest BCUT2D eigenvalue weighted by Gasteiger charge is 2.24. The van der Waals surface area contributed by atoms with Gasteiger partial charge in [-0.15, -0.1) is 0 Å². The van der Waals surface area contributed by atoms with Crippen LogP contribution in [0.4, 0.5) is 5.95 Å². The first-order valence-corrected chi connectivity index (χ1v) is 12.4. The smallest absolute Gasteiger partial charge is 0.227 e. The largest absolute Gasteiger partial charge is 0.381 e. The third-order valence-corrected chi connectivity index (χ3v) is 6.80. The van der Waals surface area contributed by atoms with Crippen LogP contribution >= 0.6 is 0 Å². The second-order valence-corrected chi connectivity index (χ2v) is 10.6. The van der Waals surface area contributed by atoms with E-state index >= 15 is 0 Å². The molecule has 6 heteroatoms. The zero-order valence-corrected chi connectivity index (χ0v) is 21.2. The van der Waals surface area contributed by atoms with Crippen LogP contribution in [0.3, 0.4) is 0 Å². The Kier molecular flexibility index (Phi) is 7.03. The second-order valence-electron chi connectivity index (χ2n) is 10.6. The van der Waals surface area contributed by atoms with E-state index in [1.54, 1.807) is 0 Å². The van der Waals surface area contributed by atoms with Crippen molar-refractivity contribution in [2.45, 2.75) is 65.7 Å². The van der Waals surface area contributed by atoms with E-state index in [1.165, 1.54) is 16.7 Å². The number of rotatable bonds is 7. The Hall–Kier alpha value is -2.47. The van der Waals surface area contributed by atoms with Crippen molar-refractivity contribution in [1.29, 1.82) is 0 Å². The molecule has 0 radical (unpaired) electrons. The molecular formula is C27H39N5O. The van der Waals surface area contributed by atoms with Gasteiger partial charge in [-0.3, -0.25) is 0 Å². The molecule has 0 saturated carbocycles. The molecule has 4 rings (SSSR count). The monoisotopic (exact) mass is 449 g/mol. The maximum Gasteiger partial charge on any atom is 0.227 e. The number of fused-ring (bicyclic) bond motifs is 1. The summed E-state index contributed by atoms with van der Waals surface area (Å²) in [5.41, 5.74) is 6.96. The summed E-state index contributed by atoms with van der Waals surface area (Å²) >= 11 is 0. The molecule has 0 bridgehead atoms. The van der Waals surface area contributed by atoms with E-state index in [-0.39, 0.29) is 5.41 Å². The maximum atomic E-state index is 5.79. The van der Waals surface area contributed by atoms with Crippen molar-refractivity contribution in [2.75, 3.05) is 31.2 Å². The summed E-state index contributed by atoms with van der Waals surface area (Å²) in [5.74, 6) is 1.45. The van der Waals surface area contributed by atoms with Crippen molar-refractivity contribution in [3.05, 3.63) is 46.9 Å². The Morgan fingerprint density at radius 2 is 1.88 bits per heavy atom. The van der Waals surface area contributed by atoms with Gasteiger partial charge < -0.3 is 14.2 Å². The van der Waals surface area contributed by atoms with Crippen LogP contribution in [-0.4, -0.2) is 45.8 Å². The van der Waals surface area contributed by atoms with Crippen LogP contribution in [0, 0.1) is 12.8 Å². The Bertz CT molecular complexity index is 1090. The second kappa shape index (κ2) is 9.80. The highest BCUT2D eigenvalue weighted by Crippen LogP contribution is 2.28. The average Bonchev–Trinajstić information content (AvgIpc) is 3.16. The lowest BCUT2D eigenvalue weighted by Crippen LogP contribution is -2.36. The number of hydrogen-bond donors (Lipinski definition) is 0. The maximum absolute atomic E-state index is 5.79. The van der Waals surface area contributed by atoms with Gasteiger partial charge in [0.1, 0.15) is 5.52 Å². The van der Waals surface area contributed by atoms with Crippen molar-refractivity contribution in [3.63, 3.8) is 0 Å². The van der Waals surface area contributed by atoms with Crippen LogP contribution in [0.1, 0.15) is 69.3 Å². The molecular weight excluding hydrogens is 410 g/mol. The van der Waals surface area contributed by atoms with Crippen LogP contribution in [-0.2, 0) is 23.6 Å². The summed E-state index contributed by atoms with van der Waals surface area (Å²) in [6.07, 6.45) is 5.95. The molecule has 1 fully saturated rings. The molecule has 0 amide bonds. The van der Waals surface area contributed by atoms with Crippen molar-refractivity contribution in [2.24, 2.45) is 13.0 Å². The van der Waals surface area contributed by atoms with Gasteiger partial charge in [-0.2, -0.15) is 4.98 Å². The van der Waals surface area contributed by atoms with Gasteiger partial charge in [0.25, 0.3) is 0 Å². The predicted octanol–water partition coefficient (Wildman–Crippen LogP) is 5.20. The van der Waals surface area contributed by atoms with Crippen LogP contribution < -0.4 is 4.90 Å². The fraction of sp³-hybridized carbons (Fsp3) is 0.593. The molecule has 3 aromatic rings. The Morgan fingerprint density at radius 1 is 1.12 bits per heavy atom. The van der Waals surface area contributed by atoms with Crippen molar-refractivity contribution in [3.8, 4) is 0 Å². The summed E-state index contributed by atoms with van der Waals surface area (Å²) < 4.78 is 7.84. The number of piperidine rings is 1. The van der Waals surface area contributed by atoms with Gasteiger partial charge >= 0.3 is 0 Å². The number of anilines is 1. The highest BCUT2D eigenvalue weighted by molar-refractivity contribution is 5.75. The number of nitrogens with zero attached hydrogens (tertiary/aromatic N) is 5. The van der Waals surface area contributed by atoms with Crippen LogP contribution in [0.25, 0.3) is 11.2 Å². The van der Waals surface area contributed by atoms with Gasteiger partial charge in [0.15, 0.2) is 5.65 Å². The van der Waals surface area contributed by atoms with E-state index in [4.69, 9.17) is 14.7 Å². The summed E-state index contributed by atoms with van der Waals surface area (Å²) in [7, 11) is 2.03. The molecule has 33 heavy (non-hydrogen) atoms. The minimum Gasteiger partial charge on any atom is -0.381 e. The normalized spacial score (nSPS) is 15.5. The molecule has 0 atom stereocenters. The van der Waals surface area contributed by atoms with E-state index in [0.29, 0.717) is 5.92 Å². The first-order chi connectivity index (χ1) is 15.8. The van der Waals surface area contributed by atoms with Gasteiger partial charge in [-0.1, -0.05) is 45.9 Å². The molecule has 0 N–H and O–H groups in total. The fourth-order valence-electron chi connectivity index (χ4n) is 4.59. The topological polar surface area (TPSA) is 56.1 Å². The average molecular weight is 450 g/mol. The molecule has 178 valence electrons. The molecule has 1 aliphatic rings. The van der Waals surface area contributed by atoms with Gasteiger partial charge in [-0.25, -0.2) is 9.97 Å². The lowest BCUT2D eigenvalue weighted by molar-refractivity contribution is 0.0907. The number of aryl methyl sites for hydroxylation is 2. The number of hydrogen-bond acceptors (Lipinski definition) is 5. The molecule has 3 heterocycles. The standard InChI is InChI=1S/C27H39N5O/c1-7-14-33-17-20-10-12-32(13-11-20)26-29-23(24-25(30-26)28-18-31(24)6)16-21-15-22(27(3,4)5)9-8-19(21)2/h8-9,15,18,20H,7,10-14,16-17H2,1-6H3. The Morgan fingerprint density at radius 3 is 2.58 bits per heavy atom. The van der Waals surface area contributed by atoms with Crippen molar-refractivity contribution < 1.29 is 4.74 Å². The SMILES string of the molecule is CCCOCC1CCN(c2nc(Cc3cc(C(C)(C)C)ccc3C)c3c(ncn3C)n2)CC1. The number of aromatic nitrogens is 4. The number of benzene rings is 1. The Balaban J connectivity index is 1.60. The molecule has 0 spiro atoms. The van der Waals surface area contributed by atoms with E-state index in [2.05, 4.69) is 67.3 Å². The summed E-state index contributed by atoms with van der Waals surface area (Å²) in [6.45, 7) is 14.8. The van der Waals surface area contributed by atoms with Crippen LogP contribution in [0.15, 0.2) is 24.5 Å². The van der Waals surface area contributed by atoms with E-state index in [0.717, 1.165) is 74.8 Å². The van der Waals surface area contributed by atoms with Gasteiger partial charge in [-0.05, 0) is 54.2 Å². The molecule has 0 unspecified atom stereocenters. The number of imidazole rings is 1. The lowest BCUT2D eigenvalue weighted by Gasteiger charge is -2.32. The lowest BCUT2D eigenvalue weighted by atomic mass is 9.84. The number of ether oxygens (including phenoxy) is 1. The molecule has 1 saturated heterocycles. The zero-order chi connectivity index (χ0) is 23.6. The predicted molar refractivity (Wildman–Crippen MR) is 135 cm³/mol. The Labute approximate surface area is 198 Å². The van der Waals surface area contributed by atoms with Crippen LogP contribution in [0.5, 0.6) is 0 Å². The van der Waals surface area contributed by atoms with Gasteiger partial charge in [0.2, 0.25) is 5.95 Å². The molecule has 0 aliphatic carbocycles. The molecule has 6 nitrogen and oxygen atoms in total. The molecule has 1 aromatic carbocycles. The first-order valence-electron chi connectivity index (χ1n) is 12.4. The minimum absolute atomic E-state index is 0.117. The fourth-order valence-corrected chi connectivity index (χ4v) is 4.59. The minimum atomic E-state index is 0.117. The molecule has 2 aromatic heterocycles. The van der Waals surface area contributed by atoms with E-state index in [9.17, 15) is 0 Å².